The van der Waals surface area contributed by atoms with Gasteiger partial charge >= 0.3 is 12.2 Å². The molecule has 1 saturated heterocycles. The zero-order chi connectivity index (χ0) is 13.2. The summed E-state index contributed by atoms with van der Waals surface area (Å²) in [4.78, 5) is 16.6. The molecular weight excluding hydrogens is 249 g/mol. The van der Waals surface area contributed by atoms with E-state index in [1.165, 1.54) is 12.1 Å². The molecule has 2 amide bonds. The fourth-order valence-electron chi connectivity index (χ4n) is 1.57. The summed E-state index contributed by atoms with van der Waals surface area (Å²) in [6.45, 7) is 0.876. The second kappa shape index (κ2) is 4.85. The molecule has 1 aliphatic heterocycles. The molecule has 1 aliphatic rings. The van der Waals surface area contributed by atoms with Gasteiger partial charge in [-0.1, -0.05) is 6.07 Å². The maximum Gasteiger partial charge on any atom is 0.416 e. The summed E-state index contributed by atoms with van der Waals surface area (Å²) >= 11 is 0. The van der Waals surface area contributed by atoms with E-state index in [9.17, 15) is 18.0 Å². The molecular formula is C11H11F3N2O2. The Balaban J connectivity index is 2.07. The Morgan fingerprint density at radius 2 is 2.17 bits per heavy atom. The summed E-state index contributed by atoms with van der Waals surface area (Å²) in [6, 6.07) is 3.90. The lowest BCUT2D eigenvalue weighted by atomic mass is 10.2. The van der Waals surface area contributed by atoms with Crippen LogP contribution in [0.3, 0.4) is 0 Å². The van der Waals surface area contributed by atoms with Gasteiger partial charge in [0.1, 0.15) is 0 Å². The van der Waals surface area contributed by atoms with Crippen molar-refractivity contribution in [2.24, 2.45) is 0 Å². The van der Waals surface area contributed by atoms with Gasteiger partial charge in [0, 0.05) is 5.69 Å². The maximum atomic E-state index is 12.5. The Bertz CT molecular complexity index is 442. The SMILES string of the molecule is O=C(Nc1cccc(C(F)(F)F)c1)N1CCCO1. The number of hydroxylamine groups is 2. The van der Waals surface area contributed by atoms with E-state index in [0.717, 1.165) is 23.6 Å². The van der Waals surface area contributed by atoms with E-state index >= 15 is 0 Å². The van der Waals surface area contributed by atoms with Crippen LogP contribution in [0.2, 0.25) is 0 Å². The third-order valence-corrected chi connectivity index (χ3v) is 2.42. The number of benzene rings is 1. The number of hydrogen-bond donors (Lipinski definition) is 1. The first-order chi connectivity index (χ1) is 8.47. The normalized spacial score (nSPS) is 15.8. The first-order valence-electron chi connectivity index (χ1n) is 5.35. The highest BCUT2D eigenvalue weighted by molar-refractivity contribution is 5.88. The largest absolute Gasteiger partial charge is 0.416 e. The van der Waals surface area contributed by atoms with Crippen LogP contribution in [0.4, 0.5) is 23.7 Å². The van der Waals surface area contributed by atoms with Crippen molar-refractivity contribution < 1.29 is 22.8 Å². The van der Waals surface area contributed by atoms with Gasteiger partial charge in [0.05, 0.1) is 18.7 Å². The molecule has 0 saturated carbocycles. The molecule has 7 heteroatoms. The van der Waals surface area contributed by atoms with Gasteiger partial charge in [-0.3, -0.25) is 4.84 Å². The first-order valence-corrected chi connectivity index (χ1v) is 5.35. The highest BCUT2D eigenvalue weighted by Gasteiger charge is 2.30. The van der Waals surface area contributed by atoms with Crippen molar-refractivity contribution in [3.05, 3.63) is 29.8 Å². The lowest BCUT2D eigenvalue weighted by Crippen LogP contribution is -2.31. The third kappa shape index (κ3) is 2.92. The Morgan fingerprint density at radius 1 is 1.39 bits per heavy atom. The van der Waals surface area contributed by atoms with E-state index in [4.69, 9.17) is 4.84 Å². The van der Waals surface area contributed by atoms with Crippen molar-refractivity contribution in [2.45, 2.75) is 12.6 Å². The first kappa shape index (κ1) is 12.7. The average Bonchev–Trinajstić information content (AvgIpc) is 2.81. The highest BCUT2D eigenvalue weighted by atomic mass is 19.4. The van der Waals surface area contributed by atoms with Gasteiger partial charge in [-0.05, 0) is 24.6 Å². The number of nitrogens with zero attached hydrogens (tertiary/aromatic N) is 1. The predicted molar refractivity (Wildman–Crippen MR) is 57.7 cm³/mol. The number of anilines is 1. The van der Waals surface area contributed by atoms with Crippen molar-refractivity contribution >= 4 is 11.7 Å². The Labute approximate surface area is 101 Å². The van der Waals surface area contributed by atoms with Crippen molar-refractivity contribution in [1.29, 1.82) is 0 Å². The number of amides is 2. The molecule has 0 bridgehead atoms. The summed E-state index contributed by atoms with van der Waals surface area (Å²) < 4.78 is 37.4. The fraction of sp³-hybridized carbons (Fsp3) is 0.364. The van der Waals surface area contributed by atoms with Gasteiger partial charge in [0.15, 0.2) is 0 Å². The second-order valence-electron chi connectivity index (χ2n) is 3.80. The van der Waals surface area contributed by atoms with Crippen molar-refractivity contribution in [1.82, 2.24) is 5.06 Å². The van der Waals surface area contributed by atoms with E-state index in [1.54, 1.807) is 0 Å². The van der Waals surface area contributed by atoms with Gasteiger partial charge in [-0.25, -0.2) is 9.86 Å². The molecule has 98 valence electrons. The van der Waals surface area contributed by atoms with Gasteiger partial charge in [-0.15, -0.1) is 0 Å². The van der Waals surface area contributed by atoms with E-state index < -0.39 is 17.8 Å². The molecule has 0 unspecified atom stereocenters. The summed E-state index contributed by atoms with van der Waals surface area (Å²) in [6.07, 6.45) is -3.71. The molecule has 1 N–H and O–H groups in total. The number of rotatable bonds is 1. The topological polar surface area (TPSA) is 41.6 Å². The van der Waals surface area contributed by atoms with Crippen molar-refractivity contribution in [3.8, 4) is 0 Å². The average molecular weight is 260 g/mol. The molecule has 0 aliphatic carbocycles. The number of carbonyl (C=O) groups is 1. The van der Waals surface area contributed by atoms with Crippen molar-refractivity contribution in [2.75, 3.05) is 18.5 Å². The molecule has 1 heterocycles. The second-order valence-corrected chi connectivity index (χ2v) is 3.80. The molecule has 4 nitrogen and oxygen atoms in total. The smallest absolute Gasteiger partial charge is 0.306 e. The van der Waals surface area contributed by atoms with Crippen LogP contribution in [0.5, 0.6) is 0 Å². The summed E-state index contributed by atoms with van der Waals surface area (Å²) in [5.41, 5.74) is -0.715. The third-order valence-electron chi connectivity index (χ3n) is 2.42. The summed E-state index contributed by atoms with van der Waals surface area (Å²) in [5.74, 6) is 0. The maximum absolute atomic E-state index is 12.5. The molecule has 0 atom stereocenters. The van der Waals surface area contributed by atoms with Crippen LogP contribution in [0.25, 0.3) is 0 Å². The number of hydrogen-bond acceptors (Lipinski definition) is 2. The Morgan fingerprint density at radius 3 is 2.78 bits per heavy atom. The summed E-state index contributed by atoms with van der Waals surface area (Å²) in [5, 5.41) is 3.46. The Kier molecular flexibility index (Phi) is 3.42. The van der Waals surface area contributed by atoms with Crippen LogP contribution in [-0.2, 0) is 11.0 Å². The van der Waals surface area contributed by atoms with Crippen LogP contribution >= 0.6 is 0 Å². The van der Waals surface area contributed by atoms with Crippen LogP contribution in [0, 0.1) is 0 Å². The summed E-state index contributed by atoms with van der Waals surface area (Å²) in [7, 11) is 0. The standard InChI is InChI=1S/C11H11F3N2O2/c12-11(13,14)8-3-1-4-9(7-8)15-10(17)16-5-2-6-18-16/h1,3-4,7H,2,5-6H2,(H,15,17). The van der Waals surface area contributed by atoms with E-state index in [-0.39, 0.29) is 5.69 Å². The number of nitrogens with one attached hydrogen (secondary N) is 1. The number of urea groups is 1. The zero-order valence-electron chi connectivity index (χ0n) is 9.33. The fourth-order valence-corrected chi connectivity index (χ4v) is 1.57. The number of alkyl halides is 3. The van der Waals surface area contributed by atoms with Gasteiger partial charge in [0.25, 0.3) is 0 Å². The molecule has 2 rings (SSSR count). The van der Waals surface area contributed by atoms with Gasteiger partial charge in [0.2, 0.25) is 0 Å². The van der Waals surface area contributed by atoms with Gasteiger partial charge in [-0.2, -0.15) is 13.2 Å². The molecule has 1 fully saturated rings. The molecule has 0 spiro atoms. The molecule has 0 aromatic heterocycles. The van der Waals surface area contributed by atoms with E-state index in [0.29, 0.717) is 13.2 Å². The minimum absolute atomic E-state index is 0.0883. The molecule has 1 aromatic rings. The van der Waals surface area contributed by atoms with Crippen LogP contribution in [0.15, 0.2) is 24.3 Å². The highest BCUT2D eigenvalue weighted by Crippen LogP contribution is 2.30. The zero-order valence-corrected chi connectivity index (χ0v) is 9.33. The van der Waals surface area contributed by atoms with Gasteiger partial charge < -0.3 is 5.32 Å². The van der Waals surface area contributed by atoms with Crippen LogP contribution < -0.4 is 5.32 Å². The van der Waals surface area contributed by atoms with E-state index in [1.807, 2.05) is 0 Å². The molecule has 18 heavy (non-hydrogen) atoms. The predicted octanol–water partition coefficient (Wildman–Crippen LogP) is 2.87. The Hall–Kier alpha value is -1.76. The van der Waals surface area contributed by atoms with Crippen molar-refractivity contribution in [3.63, 3.8) is 0 Å². The monoisotopic (exact) mass is 260 g/mol. The quantitative estimate of drug-likeness (QED) is 0.843. The minimum Gasteiger partial charge on any atom is -0.306 e. The number of halogens is 3. The van der Waals surface area contributed by atoms with Crippen LogP contribution in [-0.4, -0.2) is 24.2 Å². The molecule has 1 aromatic carbocycles. The lowest BCUT2D eigenvalue weighted by Gasteiger charge is -2.15. The number of carbonyl (C=O) groups excluding carboxylic acids is 1. The van der Waals surface area contributed by atoms with Crippen LogP contribution in [0.1, 0.15) is 12.0 Å². The minimum atomic E-state index is -4.43. The molecule has 0 radical (unpaired) electrons. The van der Waals surface area contributed by atoms with E-state index in [2.05, 4.69) is 5.32 Å². The lowest BCUT2D eigenvalue weighted by molar-refractivity contribution is -0.137.